The van der Waals surface area contributed by atoms with Crippen molar-refractivity contribution in [1.29, 1.82) is 0 Å². The van der Waals surface area contributed by atoms with E-state index in [0.29, 0.717) is 0 Å². The molecule has 0 aliphatic rings. The number of aliphatic hydroxyl groups excluding tert-OH is 1. The molecule has 0 saturated carbocycles. The highest BCUT2D eigenvalue weighted by Gasteiger charge is 2.03. The van der Waals surface area contributed by atoms with E-state index in [4.69, 9.17) is 0 Å². The smallest absolute Gasteiger partial charge is 0.0682 e. The van der Waals surface area contributed by atoms with Gasteiger partial charge in [-0.2, -0.15) is 0 Å². The van der Waals surface area contributed by atoms with E-state index in [1.54, 1.807) is 0 Å². The van der Waals surface area contributed by atoms with Crippen LogP contribution in [0.5, 0.6) is 0 Å². The van der Waals surface area contributed by atoms with E-state index in [1.807, 2.05) is 18.2 Å². The number of hydrogen-bond donors (Lipinski definition) is 1. The Hall–Kier alpha value is -2.12. The zero-order valence-corrected chi connectivity index (χ0v) is 10.9. The summed E-state index contributed by atoms with van der Waals surface area (Å²) in [5, 5.41) is 11.8. The molecule has 0 aliphatic heterocycles. The second-order valence-electron chi connectivity index (χ2n) is 4.87. The van der Waals surface area contributed by atoms with Crippen LogP contribution in [-0.2, 0) is 6.61 Å². The summed E-state index contributed by atoms with van der Waals surface area (Å²) < 4.78 is 0. The molecule has 0 unspecified atom stereocenters. The lowest BCUT2D eigenvalue weighted by Gasteiger charge is -2.08. The SMILES string of the molecule is Cc1cc(-c2cccc(CO)c2)cc2ccccc12. The molecule has 0 fully saturated rings. The topological polar surface area (TPSA) is 20.2 Å². The van der Waals surface area contributed by atoms with Gasteiger partial charge in [-0.05, 0) is 52.1 Å². The van der Waals surface area contributed by atoms with E-state index in [2.05, 4.69) is 49.4 Å². The largest absolute Gasteiger partial charge is 0.392 e. The molecular weight excluding hydrogens is 232 g/mol. The van der Waals surface area contributed by atoms with Crippen molar-refractivity contribution in [2.24, 2.45) is 0 Å². The molecule has 3 rings (SSSR count). The Morgan fingerprint density at radius 2 is 1.68 bits per heavy atom. The molecule has 0 radical (unpaired) electrons. The second-order valence-corrected chi connectivity index (χ2v) is 4.87. The molecular formula is C18H16O. The van der Waals surface area contributed by atoms with Crippen molar-refractivity contribution in [1.82, 2.24) is 0 Å². The number of fused-ring (bicyclic) bond motifs is 1. The number of rotatable bonds is 2. The number of aryl methyl sites for hydroxylation is 1. The molecule has 1 nitrogen and oxygen atoms in total. The summed E-state index contributed by atoms with van der Waals surface area (Å²) in [5.41, 5.74) is 4.58. The fourth-order valence-electron chi connectivity index (χ4n) is 2.52. The third-order valence-electron chi connectivity index (χ3n) is 3.51. The molecule has 0 amide bonds. The molecule has 1 heteroatoms. The van der Waals surface area contributed by atoms with Gasteiger partial charge >= 0.3 is 0 Å². The third kappa shape index (κ3) is 2.25. The van der Waals surface area contributed by atoms with Crippen LogP contribution in [0, 0.1) is 6.92 Å². The van der Waals surface area contributed by atoms with Crippen LogP contribution < -0.4 is 0 Å². The first-order chi connectivity index (χ1) is 9.28. The Labute approximate surface area is 113 Å². The first kappa shape index (κ1) is 11.9. The summed E-state index contributed by atoms with van der Waals surface area (Å²) in [7, 11) is 0. The molecule has 0 heterocycles. The van der Waals surface area contributed by atoms with Crippen LogP contribution in [0.2, 0.25) is 0 Å². The molecule has 0 saturated heterocycles. The maximum atomic E-state index is 9.24. The van der Waals surface area contributed by atoms with Gasteiger partial charge in [0.2, 0.25) is 0 Å². The van der Waals surface area contributed by atoms with E-state index < -0.39 is 0 Å². The fraction of sp³-hybridized carbons (Fsp3) is 0.111. The van der Waals surface area contributed by atoms with Crippen LogP contribution in [-0.4, -0.2) is 5.11 Å². The highest BCUT2D eigenvalue weighted by atomic mass is 16.3. The third-order valence-corrected chi connectivity index (χ3v) is 3.51. The number of benzene rings is 3. The Balaban J connectivity index is 2.19. The van der Waals surface area contributed by atoms with Gasteiger partial charge in [0.1, 0.15) is 0 Å². The van der Waals surface area contributed by atoms with Crippen LogP contribution in [0.1, 0.15) is 11.1 Å². The molecule has 0 spiro atoms. The predicted octanol–water partition coefficient (Wildman–Crippen LogP) is 4.31. The average molecular weight is 248 g/mol. The molecule has 0 atom stereocenters. The van der Waals surface area contributed by atoms with Gasteiger partial charge in [0.25, 0.3) is 0 Å². The molecule has 0 aromatic heterocycles. The maximum absolute atomic E-state index is 9.24. The van der Waals surface area contributed by atoms with E-state index in [0.717, 1.165) is 11.1 Å². The minimum atomic E-state index is 0.0837. The van der Waals surface area contributed by atoms with Gasteiger partial charge in [0.05, 0.1) is 6.61 Å². The molecule has 3 aromatic rings. The van der Waals surface area contributed by atoms with Crippen LogP contribution >= 0.6 is 0 Å². The summed E-state index contributed by atoms with van der Waals surface area (Å²) in [6.07, 6.45) is 0. The average Bonchev–Trinajstić information content (AvgIpc) is 2.47. The zero-order valence-electron chi connectivity index (χ0n) is 10.9. The van der Waals surface area contributed by atoms with Crippen LogP contribution in [0.4, 0.5) is 0 Å². The summed E-state index contributed by atoms with van der Waals surface area (Å²) in [6, 6.07) is 20.9. The van der Waals surface area contributed by atoms with Crippen molar-refractivity contribution < 1.29 is 5.11 Å². The van der Waals surface area contributed by atoms with Gasteiger partial charge in [-0.1, -0.05) is 48.5 Å². The lowest BCUT2D eigenvalue weighted by atomic mass is 9.97. The second kappa shape index (κ2) is 4.87. The minimum absolute atomic E-state index is 0.0837. The van der Waals surface area contributed by atoms with Crippen LogP contribution in [0.3, 0.4) is 0 Å². The fourth-order valence-corrected chi connectivity index (χ4v) is 2.52. The zero-order chi connectivity index (χ0) is 13.2. The Kier molecular flexibility index (Phi) is 3.06. The van der Waals surface area contributed by atoms with Gasteiger partial charge in [-0.15, -0.1) is 0 Å². The van der Waals surface area contributed by atoms with Gasteiger partial charge in [0.15, 0.2) is 0 Å². The van der Waals surface area contributed by atoms with Crippen molar-refractivity contribution in [3.63, 3.8) is 0 Å². The lowest BCUT2D eigenvalue weighted by molar-refractivity contribution is 0.282. The summed E-state index contributed by atoms with van der Waals surface area (Å²) in [5.74, 6) is 0. The number of hydrogen-bond acceptors (Lipinski definition) is 1. The summed E-state index contributed by atoms with van der Waals surface area (Å²) >= 11 is 0. The van der Waals surface area contributed by atoms with Crippen molar-refractivity contribution in [2.75, 3.05) is 0 Å². The maximum Gasteiger partial charge on any atom is 0.0682 e. The Bertz CT molecular complexity index is 729. The van der Waals surface area contributed by atoms with Gasteiger partial charge < -0.3 is 5.11 Å². The van der Waals surface area contributed by atoms with Crippen molar-refractivity contribution >= 4 is 10.8 Å². The van der Waals surface area contributed by atoms with E-state index in [1.165, 1.54) is 21.9 Å². The van der Waals surface area contributed by atoms with Crippen molar-refractivity contribution in [2.45, 2.75) is 13.5 Å². The normalized spacial score (nSPS) is 10.8. The Morgan fingerprint density at radius 3 is 2.53 bits per heavy atom. The predicted molar refractivity (Wildman–Crippen MR) is 80.0 cm³/mol. The first-order valence-electron chi connectivity index (χ1n) is 6.47. The van der Waals surface area contributed by atoms with Crippen molar-refractivity contribution in [3.05, 3.63) is 71.8 Å². The van der Waals surface area contributed by atoms with Crippen LogP contribution in [0.15, 0.2) is 60.7 Å². The quantitative estimate of drug-likeness (QED) is 0.716. The molecule has 1 N–H and O–H groups in total. The van der Waals surface area contributed by atoms with Crippen LogP contribution in [0.25, 0.3) is 21.9 Å². The van der Waals surface area contributed by atoms with E-state index in [9.17, 15) is 5.11 Å². The standard InChI is InChI=1S/C18H16O/c1-13-9-17(11-16-6-2-3-8-18(13)16)15-7-4-5-14(10-15)12-19/h2-11,19H,12H2,1H3. The van der Waals surface area contributed by atoms with Crippen molar-refractivity contribution in [3.8, 4) is 11.1 Å². The monoisotopic (exact) mass is 248 g/mol. The molecule has 19 heavy (non-hydrogen) atoms. The van der Waals surface area contributed by atoms with Gasteiger partial charge in [-0.3, -0.25) is 0 Å². The molecule has 0 aliphatic carbocycles. The molecule has 94 valence electrons. The summed E-state index contributed by atoms with van der Waals surface area (Å²) in [4.78, 5) is 0. The lowest BCUT2D eigenvalue weighted by Crippen LogP contribution is -1.86. The molecule has 0 bridgehead atoms. The highest BCUT2D eigenvalue weighted by molar-refractivity contribution is 5.90. The minimum Gasteiger partial charge on any atom is -0.392 e. The van der Waals surface area contributed by atoms with E-state index >= 15 is 0 Å². The van der Waals surface area contributed by atoms with E-state index in [-0.39, 0.29) is 6.61 Å². The number of aliphatic hydroxyl groups is 1. The highest BCUT2D eigenvalue weighted by Crippen LogP contribution is 2.27. The van der Waals surface area contributed by atoms with Gasteiger partial charge in [-0.25, -0.2) is 0 Å². The molecule has 3 aromatic carbocycles. The summed E-state index contributed by atoms with van der Waals surface area (Å²) in [6.45, 7) is 2.22. The van der Waals surface area contributed by atoms with Gasteiger partial charge in [0, 0.05) is 0 Å². The Morgan fingerprint density at radius 1 is 0.842 bits per heavy atom. The first-order valence-corrected chi connectivity index (χ1v) is 6.47.